The molecule has 0 radical (unpaired) electrons. The van der Waals surface area contributed by atoms with Gasteiger partial charge in [-0.3, -0.25) is 4.79 Å². The SMILES string of the molecule is COc1ccc(S(=O)(=O)N2CCCC(C(=O)Nc3nc(-c4ccc5c(c4)OCO5)cs3)C2)cc1. The van der Waals surface area contributed by atoms with Crippen LogP contribution in [0, 0.1) is 5.92 Å². The Balaban J connectivity index is 1.25. The van der Waals surface area contributed by atoms with Gasteiger partial charge in [0, 0.05) is 24.0 Å². The minimum absolute atomic E-state index is 0.126. The molecule has 0 bridgehead atoms. The Labute approximate surface area is 201 Å². The number of nitrogens with one attached hydrogen (secondary N) is 1. The molecule has 1 unspecified atom stereocenters. The number of benzene rings is 2. The van der Waals surface area contributed by atoms with Gasteiger partial charge < -0.3 is 19.5 Å². The third kappa shape index (κ3) is 4.46. The van der Waals surface area contributed by atoms with Crippen molar-refractivity contribution in [2.24, 2.45) is 5.92 Å². The first-order chi connectivity index (χ1) is 16.4. The molecule has 2 aliphatic heterocycles. The summed E-state index contributed by atoms with van der Waals surface area (Å²) in [4.78, 5) is 17.6. The van der Waals surface area contributed by atoms with Crippen molar-refractivity contribution in [2.45, 2.75) is 17.7 Å². The van der Waals surface area contributed by atoms with E-state index in [2.05, 4.69) is 10.3 Å². The summed E-state index contributed by atoms with van der Waals surface area (Å²) in [5, 5.41) is 5.18. The second-order valence-corrected chi connectivity index (χ2v) is 10.8. The van der Waals surface area contributed by atoms with Crippen LogP contribution in [0.1, 0.15) is 12.8 Å². The van der Waals surface area contributed by atoms with Crippen LogP contribution >= 0.6 is 11.3 Å². The zero-order valence-electron chi connectivity index (χ0n) is 18.4. The monoisotopic (exact) mass is 501 g/mol. The number of hydrogen-bond donors (Lipinski definition) is 1. The van der Waals surface area contributed by atoms with Gasteiger partial charge >= 0.3 is 0 Å². The van der Waals surface area contributed by atoms with Crippen molar-refractivity contribution in [1.82, 2.24) is 9.29 Å². The number of fused-ring (bicyclic) bond motifs is 1. The van der Waals surface area contributed by atoms with Crippen molar-refractivity contribution < 1.29 is 27.4 Å². The largest absolute Gasteiger partial charge is 0.497 e. The van der Waals surface area contributed by atoms with Crippen LogP contribution in [0.5, 0.6) is 17.2 Å². The van der Waals surface area contributed by atoms with Gasteiger partial charge in [0.25, 0.3) is 0 Å². The molecule has 34 heavy (non-hydrogen) atoms. The number of amides is 1. The van der Waals surface area contributed by atoms with Crippen molar-refractivity contribution in [3.63, 3.8) is 0 Å². The molecule has 0 spiro atoms. The second kappa shape index (κ2) is 9.24. The average molecular weight is 502 g/mol. The minimum Gasteiger partial charge on any atom is -0.497 e. The molecule has 178 valence electrons. The zero-order valence-corrected chi connectivity index (χ0v) is 20.0. The molecular formula is C23H23N3O6S2. The van der Waals surface area contributed by atoms with Gasteiger partial charge in [-0.2, -0.15) is 4.31 Å². The molecule has 9 nitrogen and oxygen atoms in total. The summed E-state index contributed by atoms with van der Waals surface area (Å²) in [5.41, 5.74) is 1.57. The zero-order chi connectivity index (χ0) is 23.7. The number of hydrogen-bond acceptors (Lipinski definition) is 8. The fourth-order valence-electron chi connectivity index (χ4n) is 4.00. The van der Waals surface area contributed by atoms with Crippen LogP contribution in [0.25, 0.3) is 11.3 Å². The Bertz CT molecular complexity index is 1310. The van der Waals surface area contributed by atoms with Gasteiger partial charge in [-0.05, 0) is 55.3 Å². The van der Waals surface area contributed by atoms with E-state index in [-0.39, 0.29) is 24.1 Å². The molecule has 3 aromatic rings. The lowest BCUT2D eigenvalue weighted by Crippen LogP contribution is -2.43. The highest BCUT2D eigenvalue weighted by Gasteiger charge is 2.33. The third-order valence-corrected chi connectivity index (χ3v) is 8.49. The normalized spacial score (nSPS) is 18.0. The van der Waals surface area contributed by atoms with E-state index in [9.17, 15) is 13.2 Å². The molecule has 1 atom stereocenters. The van der Waals surface area contributed by atoms with E-state index in [4.69, 9.17) is 14.2 Å². The third-order valence-electron chi connectivity index (χ3n) is 5.85. The van der Waals surface area contributed by atoms with Crippen molar-refractivity contribution in [1.29, 1.82) is 0 Å². The highest BCUT2D eigenvalue weighted by Crippen LogP contribution is 2.36. The van der Waals surface area contributed by atoms with Gasteiger partial charge in [-0.25, -0.2) is 13.4 Å². The fourth-order valence-corrected chi connectivity index (χ4v) is 6.24. The van der Waals surface area contributed by atoms with Crippen LogP contribution in [-0.2, 0) is 14.8 Å². The Morgan fingerprint density at radius 3 is 2.76 bits per heavy atom. The molecule has 1 amide bonds. The van der Waals surface area contributed by atoms with Crippen LogP contribution in [-0.4, -0.2) is 50.6 Å². The maximum absolute atomic E-state index is 13.1. The van der Waals surface area contributed by atoms with Gasteiger partial charge in [0.2, 0.25) is 22.7 Å². The molecule has 5 rings (SSSR count). The summed E-state index contributed by atoms with van der Waals surface area (Å²) in [7, 11) is -2.17. The van der Waals surface area contributed by atoms with E-state index in [0.29, 0.717) is 47.5 Å². The number of sulfonamides is 1. The van der Waals surface area contributed by atoms with Crippen molar-refractivity contribution in [2.75, 3.05) is 32.3 Å². The van der Waals surface area contributed by atoms with E-state index in [1.807, 2.05) is 23.6 Å². The molecule has 2 aromatic carbocycles. The molecule has 11 heteroatoms. The predicted molar refractivity (Wildman–Crippen MR) is 127 cm³/mol. The lowest BCUT2D eigenvalue weighted by molar-refractivity contribution is -0.120. The summed E-state index contributed by atoms with van der Waals surface area (Å²) in [5.74, 6) is 1.25. The molecule has 0 aliphatic carbocycles. The average Bonchev–Trinajstić information content (AvgIpc) is 3.53. The minimum atomic E-state index is -3.70. The Morgan fingerprint density at radius 1 is 1.18 bits per heavy atom. The quantitative estimate of drug-likeness (QED) is 0.550. The number of nitrogens with zero attached hydrogens (tertiary/aromatic N) is 2. The number of anilines is 1. The molecule has 1 N–H and O–H groups in total. The molecule has 3 heterocycles. The number of thiazole rings is 1. The first-order valence-electron chi connectivity index (χ1n) is 10.7. The lowest BCUT2D eigenvalue weighted by atomic mass is 9.99. The van der Waals surface area contributed by atoms with Crippen LogP contribution < -0.4 is 19.5 Å². The second-order valence-electron chi connectivity index (χ2n) is 7.97. The summed E-state index contributed by atoms with van der Waals surface area (Å²) in [6.07, 6.45) is 1.22. The maximum atomic E-state index is 13.1. The summed E-state index contributed by atoms with van der Waals surface area (Å²) >= 11 is 1.32. The van der Waals surface area contributed by atoms with Crippen LogP contribution in [0.3, 0.4) is 0 Å². The van der Waals surface area contributed by atoms with Crippen LogP contribution in [0.2, 0.25) is 0 Å². The lowest BCUT2D eigenvalue weighted by Gasteiger charge is -2.31. The maximum Gasteiger partial charge on any atom is 0.243 e. The van der Waals surface area contributed by atoms with Gasteiger partial charge in [-0.15, -0.1) is 11.3 Å². The molecule has 1 fully saturated rings. The van der Waals surface area contributed by atoms with Gasteiger partial charge in [0.15, 0.2) is 16.6 Å². The fraction of sp³-hybridized carbons (Fsp3) is 0.304. The van der Waals surface area contributed by atoms with Crippen molar-refractivity contribution in [3.8, 4) is 28.5 Å². The first kappa shape index (κ1) is 22.6. The topological polar surface area (TPSA) is 107 Å². The Kier molecular flexibility index (Phi) is 6.15. The smallest absolute Gasteiger partial charge is 0.243 e. The van der Waals surface area contributed by atoms with Gasteiger partial charge in [0.1, 0.15) is 5.75 Å². The summed E-state index contributed by atoms with van der Waals surface area (Å²) in [6.45, 7) is 0.702. The first-order valence-corrected chi connectivity index (χ1v) is 13.1. The highest BCUT2D eigenvalue weighted by atomic mass is 32.2. The van der Waals surface area contributed by atoms with Crippen molar-refractivity contribution in [3.05, 3.63) is 47.8 Å². The van der Waals surface area contributed by atoms with Crippen LogP contribution in [0.15, 0.2) is 52.7 Å². The molecule has 2 aliphatic rings. The van der Waals surface area contributed by atoms with Gasteiger partial charge in [-0.1, -0.05) is 0 Å². The summed E-state index contributed by atoms with van der Waals surface area (Å²) < 4.78 is 43.4. The molecule has 1 saturated heterocycles. The van der Waals surface area contributed by atoms with Gasteiger partial charge in [0.05, 0.1) is 23.6 Å². The molecule has 0 saturated carbocycles. The standard InChI is InChI=1S/C23H23N3O6S2/c1-30-17-5-7-18(8-6-17)34(28,29)26-10-2-3-16(12-26)22(27)25-23-24-19(13-33-23)15-4-9-20-21(11-15)32-14-31-20/h4-9,11,13,16H,2-3,10,12,14H2,1H3,(H,24,25,27). The number of carbonyl (C=O) groups excluding carboxylic acids is 1. The number of methoxy groups -OCH3 is 1. The molecule has 1 aromatic heterocycles. The van der Waals surface area contributed by atoms with Crippen molar-refractivity contribution >= 4 is 32.4 Å². The highest BCUT2D eigenvalue weighted by molar-refractivity contribution is 7.89. The van der Waals surface area contributed by atoms with E-state index in [1.54, 1.807) is 12.1 Å². The number of rotatable bonds is 6. The van der Waals surface area contributed by atoms with E-state index >= 15 is 0 Å². The Morgan fingerprint density at radius 2 is 1.97 bits per heavy atom. The van der Waals surface area contributed by atoms with E-state index in [1.165, 1.54) is 34.9 Å². The number of ether oxygens (including phenoxy) is 3. The predicted octanol–water partition coefficient (Wildman–Crippen LogP) is 3.59. The van der Waals surface area contributed by atoms with E-state index < -0.39 is 15.9 Å². The molecular weight excluding hydrogens is 478 g/mol. The number of carbonyl (C=O) groups is 1. The van der Waals surface area contributed by atoms with E-state index in [0.717, 1.165) is 5.56 Å². The Hall–Kier alpha value is -3.15. The van der Waals surface area contributed by atoms with Crippen LogP contribution in [0.4, 0.5) is 5.13 Å². The number of aromatic nitrogens is 1. The number of piperidine rings is 1. The summed E-state index contributed by atoms with van der Waals surface area (Å²) in [6, 6.07) is 11.8.